The van der Waals surface area contributed by atoms with Gasteiger partial charge in [0.1, 0.15) is 12.4 Å². The van der Waals surface area contributed by atoms with Gasteiger partial charge in [0.25, 0.3) is 0 Å². The summed E-state index contributed by atoms with van der Waals surface area (Å²) in [6, 6.07) is 11.3. The van der Waals surface area contributed by atoms with Crippen LogP contribution >= 0.6 is 39.1 Å². The zero-order chi connectivity index (χ0) is 19.9. The van der Waals surface area contributed by atoms with Gasteiger partial charge in [-0.15, -0.1) is 0 Å². The number of benzene rings is 2. The van der Waals surface area contributed by atoms with E-state index in [9.17, 15) is 4.79 Å². The van der Waals surface area contributed by atoms with Crippen molar-refractivity contribution in [2.75, 3.05) is 6.61 Å². The van der Waals surface area contributed by atoms with E-state index in [2.05, 4.69) is 22.5 Å². The van der Waals surface area contributed by atoms with Crippen molar-refractivity contribution in [2.24, 2.45) is 11.3 Å². The summed E-state index contributed by atoms with van der Waals surface area (Å²) in [6.07, 6.45) is 2.22. The smallest absolute Gasteiger partial charge is 0.313 e. The molecule has 3 nitrogen and oxygen atoms in total. The topological polar surface area (TPSA) is 35.5 Å². The molecule has 6 heteroatoms. The van der Waals surface area contributed by atoms with E-state index in [4.69, 9.17) is 32.7 Å². The lowest BCUT2D eigenvalue weighted by Gasteiger charge is -2.24. The molecule has 146 valence electrons. The second-order valence-corrected chi connectivity index (χ2v) is 9.18. The lowest BCUT2D eigenvalue weighted by molar-refractivity contribution is -0.146. The fourth-order valence-corrected chi connectivity index (χ4v) is 5.27. The van der Waals surface area contributed by atoms with E-state index in [1.54, 1.807) is 18.2 Å². The highest BCUT2D eigenvalue weighted by Crippen LogP contribution is 2.52. The van der Waals surface area contributed by atoms with Crippen molar-refractivity contribution < 1.29 is 14.3 Å². The SMILES string of the molecule is C=C1CC2COC(=O)C2(Cc2ccc(OCc3c(Cl)cccc3Cl)c(Br)c2)C1. The molecule has 1 heterocycles. The molecule has 1 saturated carbocycles. The van der Waals surface area contributed by atoms with Crippen molar-refractivity contribution in [3.05, 3.63) is 74.2 Å². The summed E-state index contributed by atoms with van der Waals surface area (Å²) in [7, 11) is 0. The van der Waals surface area contributed by atoms with Gasteiger partial charge in [-0.3, -0.25) is 4.79 Å². The maximum absolute atomic E-state index is 12.5. The van der Waals surface area contributed by atoms with Crippen molar-refractivity contribution in [1.29, 1.82) is 0 Å². The monoisotopic (exact) mass is 480 g/mol. The van der Waals surface area contributed by atoms with Gasteiger partial charge < -0.3 is 9.47 Å². The minimum absolute atomic E-state index is 0.0963. The quantitative estimate of drug-likeness (QED) is 0.366. The highest BCUT2D eigenvalue weighted by Gasteiger charge is 2.55. The summed E-state index contributed by atoms with van der Waals surface area (Å²) in [5.74, 6) is 0.823. The van der Waals surface area contributed by atoms with E-state index in [0.717, 1.165) is 27.6 Å². The average Bonchev–Trinajstić information content (AvgIpc) is 3.10. The Morgan fingerprint density at radius 2 is 2.00 bits per heavy atom. The van der Waals surface area contributed by atoms with Crippen LogP contribution in [-0.2, 0) is 22.6 Å². The number of hydrogen-bond donors (Lipinski definition) is 0. The summed E-state index contributed by atoms with van der Waals surface area (Å²) in [5, 5.41) is 1.15. The summed E-state index contributed by atoms with van der Waals surface area (Å²) in [4.78, 5) is 12.5. The van der Waals surface area contributed by atoms with Crippen LogP contribution in [0.2, 0.25) is 10.0 Å². The molecule has 0 bridgehead atoms. The number of esters is 1. The standard InChI is InChI=1S/C22H19BrCl2O3/c1-13-7-15-11-28-21(26)22(15,9-13)10-14-5-6-20(17(23)8-14)27-12-16-18(24)3-2-4-19(16)25/h2-6,8,15H,1,7,9-12H2. The van der Waals surface area contributed by atoms with Gasteiger partial charge in [-0.05, 0) is 65.0 Å². The molecular formula is C22H19BrCl2O3. The number of halogens is 3. The van der Waals surface area contributed by atoms with Crippen LogP contribution in [0.5, 0.6) is 5.75 Å². The summed E-state index contributed by atoms with van der Waals surface area (Å²) >= 11 is 16.0. The maximum Gasteiger partial charge on any atom is 0.313 e. The first-order chi connectivity index (χ1) is 13.4. The van der Waals surface area contributed by atoms with E-state index < -0.39 is 5.41 Å². The first kappa shape index (κ1) is 19.8. The van der Waals surface area contributed by atoms with E-state index in [1.807, 2.05) is 18.2 Å². The lowest BCUT2D eigenvalue weighted by atomic mass is 9.75. The second-order valence-electron chi connectivity index (χ2n) is 7.51. The lowest BCUT2D eigenvalue weighted by Crippen LogP contribution is -2.31. The van der Waals surface area contributed by atoms with E-state index in [0.29, 0.717) is 35.2 Å². The summed E-state index contributed by atoms with van der Waals surface area (Å²) in [5.41, 5.74) is 2.48. The molecule has 2 fully saturated rings. The number of cyclic esters (lactones) is 1. The molecule has 2 atom stereocenters. The molecule has 0 N–H and O–H groups in total. The van der Waals surface area contributed by atoms with Crippen LogP contribution in [0.4, 0.5) is 0 Å². The molecule has 2 aromatic rings. The van der Waals surface area contributed by atoms with Crippen LogP contribution in [0, 0.1) is 11.3 Å². The number of fused-ring (bicyclic) bond motifs is 1. The van der Waals surface area contributed by atoms with E-state index in [-0.39, 0.29) is 18.5 Å². The third-order valence-electron chi connectivity index (χ3n) is 5.65. The van der Waals surface area contributed by atoms with Crippen molar-refractivity contribution >= 4 is 45.1 Å². The van der Waals surface area contributed by atoms with E-state index >= 15 is 0 Å². The first-order valence-electron chi connectivity index (χ1n) is 9.07. The molecular weight excluding hydrogens is 463 g/mol. The largest absolute Gasteiger partial charge is 0.488 e. The molecule has 1 saturated heterocycles. The van der Waals surface area contributed by atoms with Crippen LogP contribution in [0.3, 0.4) is 0 Å². The van der Waals surface area contributed by atoms with Crippen LogP contribution in [0.1, 0.15) is 24.0 Å². The Bertz CT molecular complexity index is 939. The minimum Gasteiger partial charge on any atom is -0.488 e. The van der Waals surface area contributed by atoms with Gasteiger partial charge in [0, 0.05) is 21.5 Å². The van der Waals surface area contributed by atoms with Crippen LogP contribution in [-0.4, -0.2) is 12.6 Å². The molecule has 4 rings (SSSR count). The third-order valence-corrected chi connectivity index (χ3v) is 6.98. The number of allylic oxidation sites excluding steroid dienone is 1. The Morgan fingerprint density at radius 3 is 2.71 bits per heavy atom. The van der Waals surface area contributed by atoms with Crippen molar-refractivity contribution in [3.63, 3.8) is 0 Å². The van der Waals surface area contributed by atoms with E-state index in [1.165, 1.54) is 0 Å². The van der Waals surface area contributed by atoms with Crippen LogP contribution in [0.15, 0.2) is 53.0 Å². The van der Waals surface area contributed by atoms with Crippen LogP contribution in [0.25, 0.3) is 0 Å². The van der Waals surface area contributed by atoms with Crippen molar-refractivity contribution in [3.8, 4) is 5.75 Å². The zero-order valence-electron chi connectivity index (χ0n) is 15.1. The number of ether oxygens (including phenoxy) is 2. The fraction of sp³-hybridized carbons (Fsp3) is 0.318. The first-order valence-corrected chi connectivity index (χ1v) is 10.6. The van der Waals surface area contributed by atoms with Crippen molar-refractivity contribution in [2.45, 2.75) is 25.9 Å². The molecule has 1 aliphatic heterocycles. The molecule has 2 aliphatic rings. The average molecular weight is 482 g/mol. The second kappa shape index (κ2) is 7.74. The molecule has 0 spiro atoms. The number of carbonyl (C=O) groups excluding carboxylic acids is 1. The van der Waals surface area contributed by atoms with Gasteiger partial charge in [0.15, 0.2) is 0 Å². The van der Waals surface area contributed by atoms with Gasteiger partial charge in [0.05, 0.1) is 16.5 Å². The highest BCUT2D eigenvalue weighted by molar-refractivity contribution is 9.10. The molecule has 0 radical (unpaired) electrons. The van der Waals surface area contributed by atoms with Gasteiger partial charge in [-0.2, -0.15) is 0 Å². The molecule has 0 amide bonds. The zero-order valence-corrected chi connectivity index (χ0v) is 18.2. The van der Waals surface area contributed by atoms with Gasteiger partial charge in [0.2, 0.25) is 0 Å². The van der Waals surface area contributed by atoms with Crippen molar-refractivity contribution in [1.82, 2.24) is 0 Å². The van der Waals surface area contributed by atoms with Gasteiger partial charge in [-0.1, -0.05) is 47.5 Å². The molecule has 28 heavy (non-hydrogen) atoms. The summed E-state index contributed by atoms with van der Waals surface area (Å²) in [6.45, 7) is 4.87. The Hall–Kier alpha value is -1.49. The predicted molar refractivity (Wildman–Crippen MR) is 114 cm³/mol. The molecule has 2 unspecified atom stereocenters. The van der Waals surface area contributed by atoms with Gasteiger partial charge >= 0.3 is 5.97 Å². The molecule has 0 aromatic heterocycles. The fourth-order valence-electron chi connectivity index (χ4n) is 4.22. The minimum atomic E-state index is -0.468. The maximum atomic E-state index is 12.5. The normalized spacial score (nSPS) is 23.6. The summed E-state index contributed by atoms with van der Waals surface area (Å²) < 4.78 is 12.1. The Labute approximate surface area is 182 Å². The highest BCUT2D eigenvalue weighted by atomic mass is 79.9. The number of carbonyl (C=O) groups is 1. The molecule has 2 aromatic carbocycles. The number of hydrogen-bond acceptors (Lipinski definition) is 3. The Balaban J connectivity index is 1.51. The predicted octanol–water partition coefficient (Wildman–Crippen LogP) is 6.39. The Kier molecular flexibility index (Phi) is 5.47. The third kappa shape index (κ3) is 3.58. The Morgan fingerprint density at radius 1 is 1.25 bits per heavy atom. The van der Waals surface area contributed by atoms with Gasteiger partial charge in [-0.25, -0.2) is 0 Å². The molecule has 1 aliphatic carbocycles. The van der Waals surface area contributed by atoms with Crippen LogP contribution < -0.4 is 4.74 Å². The number of rotatable bonds is 5.